The predicted octanol–water partition coefficient (Wildman–Crippen LogP) is 4.39. The third-order valence-electron chi connectivity index (χ3n) is 4.06. The molecule has 0 unspecified atom stereocenters. The van der Waals surface area contributed by atoms with Crippen molar-refractivity contribution in [2.45, 2.75) is 6.54 Å². The van der Waals surface area contributed by atoms with Crippen molar-refractivity contribution in [3.8, 4) is 11.5 Å². The molecular weight excluding hydrogens is 385 g/mol. The molecule has 2 aromatic rings. The highest BCUT2D eigenvalue weighted by molar-refractivity contribution is 6.36. The topological polar surface area (TPSA) is 72.7 Å². The summed E-state index contributed by atoms with van der Waals surface area (Å²) in [5.74, 6) is 0.654. The van der Waals surface area contributed by atoms with Crippen LogP contribution in [0.1, 0.15) is 15.9 Å². The summed E-state index contributed by atoms with van der Waals surface area (Å²) >= 11 is 12.5. The van der Waals surface area contributed by atoms with E-state index >= 15 is 0 Å². The lowest BCUT2D eigenvalue weighted by Crippen LogP contribution is -2.16. The second kappa shape index (κ2) is 7.34. The summed E-state index contributed by atoms with van der Waals surface area (Å²) in [6.07, 6.45) is 3.01. The van der Waals surface area contributed by atoms with E-state index in [0.717, 1.165) is 5.56 Å². The summed E-state index contributed by atoms with van der Waals surface area (Å²) in [4.78, 5) is 25.3. The summed E-state index contributed by atoms with van der Waals surface area (Å²) < 4.78 is 1.79. The van der Waals surface area contributed by atoms with Gasteiger partial charge in [0.05, 0.1) is 12.9 Å². The van der Waals surface area contributed by atoms with E-state index in [2.05, 4.69) is 20.3 Å². The number of hydrogen-bond donors (Lipinski definition) is 1. The molecule has 2 aliphatic rings. The van der Waals surface area contributed by atoms with Crippen molar-refractivity contribution in [1.29, 1.82) is 0 Å². The average Bonchev–Trinajstić information content (AvgIpc) is 3.17. The minimum absolute atomic E-state index is 0.265. The van der Waals surface area contributed by atoms with Crippen LogP contribution in [0.4, 0.5) is 5.82 Å². The molecule has 0 radical (unpaired) electrons. The first kappa shape index (κ1) is 17.5. The van der Waals surface area contributed by atoms with E-state index in [-0.39, 0.29) is 5.91 Å². The molecule has 27 heavy (non-hydrogen) atoms. The van der Waals surface area contributed by atoms with Gasteiger partial charge in [0.15, 0.2) is 17.3 Å². The van der Waals surface area contributed by atoms with Crippen molar-refractivity contribution < 1.29 is 4.79 Å². The lowest BCUT2D eigenvalue weighted by atomic mass is 10.2. The Kier molecular flexibility index (Phi) is 4.75. The molecule has 6 nitrogen and oxygen atoms in total. The normalized spacial score (nSPS) is 10.9. The number of amides is 1. The molecule has 1 N–H and O–H groups in total. The fourth-order valence-electron chi connectivity index (χ4n) is 2.71. The number of carbonyl (C=O) groups is 1. The maximum Gasteiger partial charge on any atom is 0.256 e. The molecule has 0 saturated carbocycles. The molecule has 0 bridgehead atoms. The Labute approximate surface area is 165 Å². The number of imidazole rings is 1. The number of anilines is 1. The first-order valence-corrected chi connectivity index (χ1v) is 8.84. The van der Waals surface area contributed by atoms with Crippen LogP contribution in [0, 0.1) is 0 Å². The van der Waals surface area contributed by atoms with Crippen LogP contribution in [-0.4, -0.2) is 25.4 Å². The van der Waals surface area contributed by atoms with E-state index in [9.17, 15) is 4.79 Å². The second-order valence-corrected chi connectivity index (χ2v) is 6.60. The van der Waals surface area contributed by atoms with Gasteiger partial charge in [0.25, 0.3) is 5.91 Å². The summed E-state index contributed by atoms with van der Waals surface area (Å²) in [5, 5.41) is 3.90. The molecule has 2 aromatic carbocycles. The fourth-order valence-corrected chi connectivity index (χ4v) is 3.23. The zero-order chi connectivity index (χ0) is 18.8. The highest BCUT2D eigenvalue weighted by Gasteiger charge is 2.20. The lowest BCUT2D eigenvalue weighted by Gasteiger charge is -2.15. The van der Waals surface area contributed by atoms with Gasteiger partial charge in [0.1, 0.15) is 6.33 Å². The SMILES string of the molecule is O=C(Nc1ncn(Cc2c(Cl)cccc2Cl)c2ncnc1-2)c1ccccc1. The van der Waals surface area contributed by atoms with Gasteiger partial charge in [-0.3, -0.25) is 4.79 Å². The predicted molar refractivity (Wildman–Crippen MR) is 104 cm³/mol. The quantitative estimate of drug-likeness (QED) is 0.554. The van der Waals surface area contributed by atoms with Crippen molar-refractivity contribution in [3.05, 3.63) is 82.4 Å². The smallest absolute Gasteiger partial charge is 0.256 e. The highest BCUT2D eigenvalue weighted by Crippen LogP contribution is 2.29. The van der Waals surface area contributed by atoms with E-state index in [1.807, 2.05) is 6.07 Å². The zero-order valence-corrected chi connectivity index (χ0v) is 15.4. The lowest BCUT2D eigenvalue weighted by molar-refractivity contribution is 0.102. The summed E-state index contributed by atoms with van der Waals surface area (Å²) in [6, 6.07) is 14.2. The number of benzene rings is 2. The molecule has 8 heteroatoms. The maximum absolute atomic E-state index is 12.4. The molecule has 2 aliphatic heterocycles. The van der Waals surface area contributed by atoms with Crippen LogP contribution in [0.5, 0.6) is 0 Å². The van der Waals surface area contributed by atoms with Gasteiger partial charge in [0.2, 0.25) is 0 Å². The molecule has 4 rings (SSSR count). The maximum atomic E-state index is 12.4. The average molecular weight is 398 g/mol. The monoisotopic (exact) mass is 397 g/mol. The number of fused-ring (bicyclic) bond motifs is 1. The van der Waals surface area contributed by atoms with Crippen LogP contribution in [0.3, 0.4) is 0 Å². The van der Waals surface area contributed by atoms with Crippen molar-refractivity contribution >= 4 is 34.9 Å². The number of aromatic nitrogens is 4. The Morgan fingerprint density at radius 3 is 2.44 bits per heavy atom. The van der Waals surface area contributed by atoms with Crippen LogP contribution >= 0.6 is 23.2 Å². The molecule has 0 atom stereocenters. The molecular formula is C19H13Cl2N5O. The number of rotatable bonds is 4. The van der Waals surface area contributed by atoms with Gasteiger partial charge < -0.3 is 9.88 Å². The summed E-state index contributed by atoms with van der Waals surface area (Å²) in [7, 11) is 0. The third kappa shape index (κ3) is 3.49. The van der Waals surface area contributed by atoms with Gasteiger partial charge in [0, 0.05) is 21.2 Å². The Morgan fingerprint density at radius 1 is 0.963 bits per heavy atom. The minimum atomic E-state index is -0.265. The molecule has 0 aliphatic carbocycles. The molecule has 2 heterocycles. The van der Waals surface area contributed by atoms with Crippen LogP contribution < -0.4 is 5.32 Å². The van der Waals surface area contributed by atoms with Crippen LogP contribution in [0.2, 0.25) is 10.0 Å². The van der Waals surface area contributed by atoms with Gasteiger partial charge in [-0.2, -0.15) is 0 Å². The standard InChI is InChI=1S/C19H13Cl2N5O/c20-14-7-4-8-15(21)13(14)9-26-11-24-17(16-18(26)23-10-22-16)25-19(27)12-5-2-1-3-6-12/h1-8,10-11H,9H2,(H,25,27). The van der Waals surface area contributed by atoms with Gasteiger partial charge in [-0.05, 0) is 24.3 Å². The fraction of sp³-hybridized carbons (Fsp3) is 0.0526. The van der Waals surface area contributed by atoms with Gasteiger partial charge >= 0.3 is 0 Å². The van der Waals surface area contributed by atoms with E-state index in [0.29, 0.717) is 39.5 Å². The van der Waals surface area contributed by atoms with E-state index < -0.39 is 0 Å². The molecule has 0 fully saturated rings. The van der Waals surface area contributed by atoms with Crippen molar-refractivity contribution in [3.63, 3.8) is 0 Å². The van der Waals surface area contributed by atoms with E-state index in [1.54, 1.807) is 53.4 Å². The van der Waals surface area contributed by atoms with Crippen molar-refractivity contribution in [2.24, 2.45) is 0 Å². The number of nitrogens with one attached hydrogen (secondary N) is 1. The minimum Gasteiger partial charge on any atom is -0.310 e. The largest absolute Gasteiger partial charge is 0.310 e. The van der Waals surface area contributed by atoms with Gasteiger partial charge in [-0.1, -0.05) is 47.5 Å². The van der Waals surface area contributed by atoms with Gasteiger partial charge in [-0.25, -0.2) is 15.0 Å². The Morgan fingerprint density at radius 2 is 1.70 bits per heavy atom. The molecule has 0 spiro atoms. The first-order chi connectivity index (χ1) is 13.1. The van der Waals surface area contributed by atoms with Crippen LogP contribution in [-0.2, 0) is 6.54 Å². The third-order valence-corrected chi connectivity index (χ3v) is 4.77. The number of nitrogens with zero attached hydrogens (tertiary/aromatic N) is 4. The summed E-state index contributed by atoms with van der Waals surface area (Å²) in [5.41, 5.74) is 1.79. The zero-order valence-electron chi connectivity index (χ0n) is 13.9. The molecule has 134 valence electrons. The second-order valence-electron chi connectivity index (χ2n) is 5.79. The molecule has 1 amide bonds. The number of halogens is 2. The molecule has 0 saturated heterocycles. The number of carbonyl (C=O) groups excluding carboxylic acids is 1. The van der Waals surface area contributed by atoms with Crippen LogP contribution in [0.25, 0.3) is 11.5 Å². The summed E-state index contributed by atoms with van der Waals surface area (Å²) in [6.45, 7) is 0.383. The van der Waals surface area contributed by atoms with E-state index in [4.69, 9.17) is 23.2 Å². The Balaban J connectivity index is 1.66. The van der Waals surface area contributed by atoms with E-state index in [1.165, 1.54) is 6.33 Å². The van der Waals surface area contributed by atoms with Crippen LogP contribution in [0.15, 0.2) is 61.2 Å². The Hall–Kier alpha value is -2.96. The molecule has 0 aromatic heterocycles. The Bertz CT molecular complexity index is 1060. The van der Waals surface area contributed by atoms with Gasteiger partial charge in [-0.15, -0.1) is 0 Å². The first-order valence-electron chi connectivity index (χ1n) is 8.08. The van der Waals surface area contributed by atoms with Crippen molar-refractivity contribution in [2.75, 3.05) is 5.32 Å². The van der Waals surface area contributed by atoms with Crippen molar-refractivity contribution in [1.82, 2.24) is 19.5 Å². The highest BCUT2D eigenvalue weighted by atomic mass is 35.5. The number of hydrogen-bond acceptors (Lipinski definition) is 4.